The Morgan fingerprint density at radius 3 is 2.88 bits per heavy atom. The second-order valence-corrected chi connectivity index (χ2v) is 8.62. The smallest absolute Gasteiger partial charge is 0.247 e. The summed E-state index contributed by atoms with van der Waals surface area (Å²) in [5.74, 6) is 2.40. The molecule has 2 aromatic heterocycles. The maximum Gasteiger partial charge on any atom is 0.247 e. The molecule has 1 aliphatic rings. The maximum atomic E-state index is 6.27. The third-order valence-electron chi connectivity index (χ3n) is 5.01. The number of nitrogens with one attached hydrogen (secondary N) is 1. The van der Waals surface area contributed by atoms with E-state index in [1.165, 1.54) is 11.8 Å². The van der Waals surface area contributed by atoms with Gasteiger partial charge in [0.2, 0.25) is 17.3 Å². The largest absolute Gasteiger partial charge is 0.455 e. The lowest BCUT2D eigenvalue weighted by Gasteiger charge is -2.16. The zero-order valence-corrected chi connectivity index (χ0v) is 18.8. The van der Waals surface area contributed by atoms with Crippen LogP contribution in [0.5, 0.6) is 5.88 Å². The molecule has 0 radical (unpaired) electrons. The van der Waals surface area contributed by atoms with Gasteiger partial charge in [-0.15, -0.1) is 16.8 Å². The zero-order chi connectivity index (χ0) is 22.1. The molecule has 6 nitrogen and oxygen atoms in total. The molecule has 0 fully saturated rings. The fourth-order valence-electron chi connectivity index (χ4n) is 3.47. The molecule has 4 aromatic rings. The predicted octanol–water partition coefficient (Wildman–Crippen LogP) is 6.54. The van der Waals surface area contributed by atoms with Gasteiger partial charge in [0.15, 0.2) is 11.5 Å². The Labute approximate surface area is 194 Å². The Morgan fingerprint density at radius 1 is 1.12 bits per heavy atom. The Bertz CT molecular complexity index is 1310. The molecule has 0 aliphatic carbocycles. The molecule has 0 spiro atoms. The summed E-state index contributed by atoms with van der Waals surface area (Å²) in [7, 11) is 0. The highest BCUT2D eigenvalue weighted by Gasteiger charge is 2.28. The Hall–Kier alpha value is -3.29. The summed E-state index contributed by atoms with van der Waals surface area (Å²) in [6.45, 7) is 5.76. The number of hydrogen-bond acceptors (Lipinski definition) is 7. The Balaban J connectivity index is 1.55. The van der Waals surface area contributed by atoms with Crippen LogP contribution in [0.25, 0.3) is 22.6 Å². The fourth-order valence-corrected chi connectivity index (χ4v) is 4.15. The number of halogens is 1. The first-order chi connectivity index (χ1) is 15.6. The van der Waals surface area contributed by atoms with Crippen LogP contribution in [0.15, 0.2) is 76.8 Å². The molecular weight excluding hydrogens is 444 g/mol. The lowest BCUT2D eigenvalue weighted by Crippen LogP contribution is -2.16. The van der Waals surface area contributed by atoms with Crippen LogP contribution in [0.2, 0.25) is 5.02 Å². The number of nitrogens with zero attached hydrogens (tertiary/aromatic N) is 3. The minimum Gasteiger partial charge on any atom is -0.455 e. The lowest BCUT2D eigenvalue weighted by molar-refractivity contribution is 0.196. The molecule has 0 unspecified atom stereocenters. The highest BCUT2D eigenvalue weighted by atomic mass is 35.5. The van der Waals surface area contributed by atoms with Gasteiger partial charge in [-0.2, -0.15) is 4.98 Å². The van der Waals surface area contributed by atoms with E-state index in [0.717, 1.165) is 22.4 Å². The molecule has 0 saturated carbocycles. The van der Waals surface area contributed by atoms with Gasteiger partial charge in [0.05, 0.1) is 0 Å². The molecule has 0 amide bonds. The quantitative estimate of drug-likeness (QED) is 0.266. The molecule has 32 heavy (non-hydrogen) atoms. The highest BCUT2D eigenvalue weighted by molar-refractivity contribution is 7.99. The van der Waals surface area contributed by atoms with E-state index >= 15 is 0 Å². The number of fused-ring (bicyclic) bond motifs is 3. The second kappa shape index (κ2) is 8.68. The average molecular weight is 463 g/mol. The minimum absolute atomic E-state index is 0.394. The van der Waals surface area contributed by atoms with Crippen LogP contribution in [0, 0.1) is 6.92 Å². The Morgan fingerprint density at radius 2 is 2.00 bits per heavy atom. The number of furan rings is 1. The van der Waals surface area contributed by atoms with Crippen molar-refractivity contribution in [2.75, 3.05) is 11.1 Å². The summed E-state index contributed by atoms with van der Waals surface area (Å²) in [5, 5.41) is 13.2. The van der Waals surface area contributed by atoms with Gasteiger partial charge in [-0.1, -0.05) is 53.7 Å². The molecular formula is C24H19ClN4O2S. The molecule has 1 N–H and O–H groups in total. The van der Waals surface area contributed by atoms with Crippen molar-refractivity contribution in [3.05, 3.63) is 83.6 Å². The van der Waals surface area contributed by atoms with Gasteiger partial charge in [-0.3, -0.25) is 0 Å². The van der Waals surface area contributed by atoms with E-state index in [0.29, 0.717) is 39.0 Å². The molecule has 160 valence electrons. The van der Waals surface area contributed by atoms with Crippen LogP contribution < -0.4 is 10.1 Å². The highest BCUT2D eigenvalue weighted by Crippen LogP contribution is 2.40. The van der Waals surface area contributed by atoms with Gasteiger partial charge in [-0.05, 0) is 42.8 Å². The molecule has 8 heteroatoms. The number of ether oxygens (including phenoxy) is 1. The summed E-state index contributed by atoms with van der Waals surface area (Å²) < 4.78 is 12.5. The van der Waals surface area contributed by atoms with E-state index in [-0.39, 0.29) is 0 Å². The van der Waals surface area contributed by atoms with E-state index in [1.54, 1.807) is 6.08 Å². The number of para-hydroxylation sites is 1. The van der Waals surface area contributed by atoms with Gasteiger partial charge < -0.3 is 14.5 Å². The molecule has 3 heterocycles. The lowest BCUT2D eigenvalue weighted by atomic mass is 10.1. The molecule has 1 atom stereocenters. The van der Waals surface area contributed by atoms with Gasteiger partial charge in [0, 0.05) is 27.6 Å². The van der Waals surface area contributed by atoms with Crippen molar-refractivity contribution < 1.29 is 9.15 Å². The third-order valence-corrected chi connectivity index (χ3v) is 6.08. The monoisotopic (exact) mass is 462 g/mol. The molecule has 2 aromatic carbocycles. The number of thioether (sulfide) groups is 1. The first-order valence-electron chi connectivity index (χ1n) is 9.99. The number of benzene rings is 2. The van der Waals surface area contributed by atoms with Crippen molar-refractivity contribution >= 4 is 29.1 Å². The zero-order valence-electron chi connectivity index (χ0n) is 17.2. The Kier molecular flexibility index (Phi) is 5.59. The van der Waals surface area contributed by atoms with E-state index in [9.17, 15) is 0 Å². The normalized spacial score (nSPS) is 14.5. The number of hydrogen-bond donors (Lipinski definition) is 1. The maximum absolute atomic E-state index is 6.27. The number of aromatic nitrogens is 3. The van der Waals surface area contributed by atoms with Gasteiger partial charge in [0.1, 0.15) is 5.76 Å². The third kappa shape index (κ3) is 3.97. The molecule has 1 aliphatic heterocycles. The topological polar surface area (TPSA) is 73.1 Å². The first kappa shape index (κ1) is 20.6. The fraction of sp³-hybridized carbons (Fsp3) is 0.125. The van der Waals surface area contributed by atoms with Gasteiger partial charge in [0.25, 0.3) is 0 Å². The minimum atomic E-state index is -0.598. The number of anilines is 1. The summed E-state index contributed by atoms with van der Waals surface area (Å²) in [6.07, 6.45) is 1.20. The van der Waals surface area contributed by atoms with Crippen molar-refractivity contribution in [3.63, 3.8) is 0 Å². The molecule has 5 rings (SSSR count). The van der Waals surface area contributed by atoms with Crippen molar-refractivity contribution in [2.24, 2.45) is 0 Å². The average Bonchev–Trinajstić information content (AvgIpc) is 3.23. The van der Waals surface area contributed by atoms with Crippen LogP contribution in [0.4, 0.5) is 5.69 Å². The van der Waals surface area contributed by atoms with Crippen LogP contribution in [0.3, 0.4) is 0 Å². The van der Waals surface area contributed by atoms with Gasteiger partial charge in [-0.25, -0.2) is 0 Å². The second-order valence-electron chi connectivity index (χ2n) is 7.20. The predicted molar refractivity (Wildman–Crippen MR) is 127 cm³/mol. The van der Waals surface area contributed by atoms with E-state index in [2.05, 4.69) is 27.1 Å². The molecule has 0 bridgehead atoms. The van der Waals surface area contributed by atoms with Crippen molar-refractivity contribution in [2.45, 2.75) is 18.3 Å². The van der Waals surface area contributed by atoms with Crippen molar-refractivity contribution in [3.8, 4) is 28.5 Å². The van der Waals surface area contributed by atoms with Crippen LogP contribution in [-0.2, 0) is 0 Å². The van der Waals surface area contributed by atoms with E-state index in [1.807, 2.05) is 61.5 Å². The standard InChI is InChI=1S/C24H19ClN4O2S/c1-3-12-32-24-27-23-21(28-29-24)16-6-4-5-7-18(16)26-22(31-23)20-11-10-19(30-20)17-13-15(25)9-8-14(17)2/h3-11,13,22,26H,1,12H2,2H3/t22-/m1/s1. The van der Waals surface area contributed by atoms with E-state index in [4.69, 9.17) is 20.8 Å². The first-order valence-corrected chi connectivity index (χ1v) is 11.4. The summed E-state index contributed by atoms with van der Waals surface area (Å²) >= 11 is 7.64. The van der Waals surface area contributed by atoms with Crippen molar-refractivity contribution in [1.29, 1.82) is 0 Å². The SMILES string of the molecule is C=CCSc1nnc2c(n1)O[C@H](c1ccc(-c3cc(Cl)ccc3C)o1)Nc1ccccc1-2. The summed E-state index contributed by atoms with van der Waals surface area (Å²) in [5.41, 5.74) is 4.31. The number of aryl methyl sites for hydroxylation is 1. The van der Waals surface area contributed by atoms with Crippen LogP contribution >= 0.6 is 23.4 Å². The van der Waals surface area contributed by atoms with Crippen LogP contribution in [-0.4, -0.2) is 20.9 Å². The summed E-state index contributed by atoms with van der Waals surface area (Å²) in [4.78, 5) is 4.60. The summed E-state index contributed by atoms with van der Waals surface area (Å²) in [6, 6.07) is 17.4. The van der Waals surface area contributed by atoms with Crippen LogP contribution in [0.1, 0.15) is 17.6 Å². The van der Waals surface area contributed by atoms with Gasteiger partial charge >= 0.3 is 0 Å². The number of rotatable bonds is 5. The molecule has 0 saturated heterocycles. The van der Waals surface area contributed by atoms with E-state index < -0.39 is 6.23 Å². The van der Waals surface area contributed by atoms with Crippen molar-refractivity contribution in [1.82, 2.24) is 15.2 Å².